The molecule has 1 aromatic heterocycles. The van der Waals surface area contributed by atoms with Crippen molar-refractivity contribution < 1.29 is 0 Å². The summed E-state index contributed by atoms with van der Waals surface area (Å²) >= 11 is 0. The fraction of sp³-hybridized carbons (Fsp3) is 0.810. The average molecular weight is 358 g/mol. The second kappa shape index (κ2) is 7.81. The number of piperidine rings is 3. The predicted molar refractivity (Wildman–Crippen MR) is 107 cm³/mol. The third-order valence-electron chi connectivity index (χ3n) is 7.15. The first-order valence-electron chi connectivity index (χ1n) is 10.6. The van der Waals surface area contributed by atoms with Gasteiger partial charge in [-0.1, -0.05) is 0 Å². The lowest BCUT2D eigenvalue weighted by molar-refractivity contribution is 0.0618. The normalized spacial score (nSPS) is 25.7. The molecule has 3 saturated heterocycles. The van der Waals surface area contributed by atoms with E-state index in [9.17, 15) is 0 Å². The smallest absolute Gasteiger partial charge is 0.225 e. The fourth-order valence-electron chi connectivity index (χ4n) is 5.05. The second-order valence-corrected chi connectivity index (χ2v) is 9.09. The van der Waals surface area contributed by atoms with E-state index >= 15 is 0 Å². The standard InChI is InChI=1S/C21H35N5/c1-18-15-22-20(23-16-18)26-13-7-21(8-14-26)5-11-25(12-6-21)17-19-3-9-24(2)10-4-19/h15-16,19H,3-14,17H2,1-2H3. The number of hydrogen-bond donors (Lipinski definition) is 0. The van der Waals surface area contributed by atoms with Gasteiger partial charge in [-0.3, -0.25) is 0 Å². The third-order valence-corrected chi connectivity index (χ3v) is 7.15. The maximum atomic E-state index is 4.52. The van der Waals surface area contributed by atoms with Gasteiger partial charge in [-0.15, -0.1) is 0 Å². The van der Waals surface area contributed by atoms with Crippen molar-refractivity contribution in [1.82, 2.24) is 19.8 Å². The van der Waals surface area contributed by atoms with Crippen molar-refractivity contribution in [3.63, 3.8) is 0 Å². The molecule has 0 unspecified atom stereocenters. The number of nitrogens with zero attached hydrogens (tertiary/aromatic N) is 5. The molecule has 3 fully saturated rings. The molecular weight excluding hydrogens is 322 g/mol. The van der Waals surface area contributed by atoms with Gasteiger partial charge in [0.25, 0.3) is 0 Å². The highest BCUT2D eigenvalue weighted by Crippen LogP contribution is 2.42. The first kappa shape index (κ1) is 18.2. The third kappa shape index (κ3) is 4.20. The fourth-order valence-corrected chi connectivity index (χ4v) is 5.05. The van der Waals surface area contributed by atoms with E-state index in [0.717, 1.165) is 30.5 Å². The molecule has 3 aliphatic rings. The zero-order valence-corrected chi connectivity index (χ0v) is 16.7. The molecule has 4 heterocycles. The van der Waals surface area contributed by atoms with E-state index in [2.05, 4.69) is 31.7 Å². The molecule has 0 atom stereocenters. The average Bonchev–Trinajstić information content (AvgIpc) is 2.67. The van der Waals surface area contributed by atoms with Gasteiger partial charge in [0.1, 0.15) is 0 Å². The van der Waals surface area contributed by atoms with Crippen LogP contribution in [0.2, 0.25) is 0 Å². The van der Waals surface area contributed by atoms with E-state index in [1.54, 1.807) is 0 Å². The Bertz CT molecular complexity index is 561. The summed E-state index contributed by atoms with van der Waals surface area (Å²) in [6.07, 6.45) is 12.1. The Kier molecular flexibility index (Phi) is 5.46. The minimum absolute atomic E-state index is 0.588. The van der Waals surface area contributed by atoms with Crippen molar-refractivity contribution in [1.29, 1.82) is 0 Å². The summed E-state index contributed by atoms with van der Waals surface area (Å²) in [5.41, 5.74) is 1.73. The van der Waals surface area contributed by atoms with Crippen molar-refractivity contribution in [3.8, 4) is 0 Å². The van der Waals surface area contributed by atoms with Gasteiger partial charge in [0.15, 0.2) is 0 Å². The van der Waals surface area contributed by atoms with Gasteiger partial charge in [0, 0.05) is 32.0 Å². The Morgan fingerprint density at radius 3 is 2.12 bits per heavy atom. The van der Waals surface area contributed by atoms with E-state index < -0.39 is 0 Å². The van der Waals surface area contributed by atoms with Crippen LogP contribution in [0.1, 0.15) is 44.1 Å². The minimum Gasteiger partial charge on any atom is -0.341 e. The summed E-state index contributed by atoms with van der Waals surface area (Å²) in [5.74, 6) is 1.85. The lowest BCUT2D eigenvalue weighted by Crippen LogP contribution is -2.48. The second-order valence-electron chi connectivity index (χ2n) is 9.09. The highest BCUT2D eigenvalue weighted by molar-refractivity contribution is 5.30. The van der Waals surface area contributed by atoms with Crippen molar-refractivity contribution >= 4 is 5.95 Å². The molecule has 3 aliphatic heterocycles. The molecule has 0 amide bonds. The lowest BCUT2D eigenvalue weighted by atomic mass is 9.71. The first-order chi connectivity index (χ1) is 12.6. The minimum atomic E-state index is 0.588. The highest BCUT2D eigenvalue weighted by Gasteiger charge is 2.38. The van der Waals surface area contributed by atoms with Crippen molar-refractivity contribution in [2.75, 3.05) is 57.8 Å². The predicted octanol–water partition coefficient (Wildman–Crippen LogP) is 2.81. The Labute approximate surface area is 158 Å². The van der Waals surface area contributed by atoms with Crippen molar-refractivity contribution in [2.24, 2.45) is 11.3 Å². The van der Waals surface area contributed by atoms with Crippen LogP contribution < -0.4 is 4.90 Å². The van der Waals surface area contributed by atoms with E-state index in [-0.39, 0.29) is 0 Å². The Morgan fingerprint density at radius 2 is 1.50 bits per heavy atom. The van der Waals surface area contributed by atoms with Crippen LogP contribution in [0.25, 0.3) is 0 Å². The molecule has 0 bridgehead atoms. The summed E-state index contributed by atoms with van der Waals surface area (Å²) in [5, 5.41) is 0. The van der Waals surface area contributed by atoms with Crippen LogP contribution in [-0.4, -0.2) is 72.6 Å². The lowest BCUT2D eigenvalue weighted by Gasteiger charge is -2.47. The molecule has 0 N–H and O–H groups in total. The summed E-state index contributed by atoms with van der Waals surface area (Å²) in [7, 11) is 2.26. The van der Waals surface area contributed by atoms with Crippen LogP contribution in [0, 0.1) is 18.3 Å². The molecule has 0 aromatic carbocycles. The Hall–Kier alpha value is -1.20. The summed E-state index contributed by atoms with van der Waals surface area (Å²) < 4.78 is 0. The number of likely N-dealkylation sites (tertiary alicyclic amines) is 2. The van der Waals surface area contributed by atoms with Gasteiger partial charge in [-0.05, 0) is 95.6 Å². The largest absolute Gasteiger partial charge is 0.341 e. The van der Waals surface area contributed by atoms with E-state index in [0.29, 0.717) is 5.41 Å². The Balaban J connectivity index is 1.24. The van der Waals surface area contributed by atoms with Crippen LogP contribution in [0.4, 0.5) is 5.95 Å². The topological polar surface area (TPSA) is 35.5 Å². The summed E-state index contributed by atoms with van der Waals surface area (Å²) in [4.78, 5) is 16.7. The molecular formula is C21H35N5. The van der Waals surface area contributed by atoms with E-state index in [1.165, 1.54) is 71.2 Å². The number of aryl methyl sites for hydroxylation is 1. The Morgan fingerprint density at radius 1 is 0.923 bits per heavy atom. The molecule has 5 nitrogen and oxygen atoms in total. The maximum absolute atomic E-state index is 4.52. The maximum Gasteiger partial charge on any atom is 0.225 e. The number of aromatic nitrogens is 2. The van der Waals surface area contributed by atoms with Crippen LogP contribution in [0.15, 0.2) is 12.4 Å². The number of hydrogen-bond acceptors (Lipinski definition) is 5. The van der Waals surface area contributed by atoms with E-state index in [4.69, 9.17) is 0 Å². The molecule has 1 aromatic rings. The van der Waals surface area contributed by atoms with Gasteiger partial charge in [0.2, 0.25) is 5.95 Å². The van der Waals surface area contributed by atoms with Crippen LogP contribution >= 0.6 is 0 Å². The zero-order chi connectivity index (χ0) is 18.0. The molecule has 26 heavy (non-hydrogen) atoms. The molecule has 4 rings (SSSR count). The summed E-state index contributed by atoms with van der Waals surface area (Å²) in [6.45, 7) is 10.8. The quantitative estimate of drug-likeness (QED) is 0.831. The van der Waals surface area contributed by atoms with Crippen molar-refractivity contribution in [2.45, 2.75) is 45.4 Å². The summed E-state index contributed by atoms with van der Waals surface area (Å²) in [6, 6.07) is 0. The van der Waals surface area contributed by atoms with E-state index in [1.807, 2.05) is 19.3 Å². The SMILES string of the molecule is Cc1cnc(N2CCC3(CCN(CC4CCN(C)CC4)CC3)CC2)nc1. The van der Waals surface area contributed by atoms with Gasteiger partial charge < -0.3 is 14.7 Å². The first-order valence-corrected chi connectivity index (χ1v) is 10.6. The van der Waals surface area contributed by atoms with Crippen LogP contribution in [0.3, 0.4) is 0 Å². The van der Waals surface area contributed by atoms with Crippen LogP contribution in [0.5, 0.6) is 0 Å². The molecule has 0 radical (unpaired) electrons. The van der Waals surface area contributed by atoms with Gasteiger partial charge in [0.05, 0.1) is 0 Å². The van der Waals surface area contributed by atoms with Gasteiger partial charge in [-0.25, -0.2) is 9.97 Å². The van der Waals surface area contributed by atoms with Gasteiger partial charge >= 0.3 is 0 Å². The van der Waals surface area contributed by atoms with Crippen molar-refractivity contribution in [3.05, 3.63) is 18.0 Å². The highest BCUT2D eigenvalue weighted by atomic mass is 15.3. The molecule has 0 aliphatic carbocycles. The molecule has 0 saturated carbocycles. The van der Waals surface area contributed by atoms with Gasteiger partial charge in [-0.2, -0.15) is 0 Å². The molecule has 5 heteroatoms. The monoisotopic (exact) mass is 357 g/mol. The molecule has 144 valence electrons. The van der Waals surface area contributed by atoms with Crippen LogP contribution in [-0.2, 0) is 0 Å². The zero-order valence-electron chi connectivity index (χ0n) is 16.7. The molecule has 1 spiro atoms. The number of anilines is 1. The number of rotatable bonds is 3.